The summed E-state index contributed by atoms with van der Waals surface area (Å²) < 4.78 is 0. The fourth-order valence-electron chi connectivity index (χ4n) is 6.29. The molecule has 0 spiro atoms. The summed E-state index contributed by atoms with van der Waals surface area (Å²) in [5, 5.41) is 13.1. The zero-order valence-corrected chi connectivity index (χ0v) is 12.6. The molecule has 5 saturated carbocycles. The third-order valence-corrected chi connectivity index (χ3v) is 7.03. The third kappa shape index (κ3) is 2.19. The number of hydrogen-bond acceptors (Lipinski definition) is 2. The number of nitrogens with one attached hydrogen (secondary N) is 1. The van der Waals surface area contributed by atoms with Crippen molar-refractivity contribution in [2.45, 2.75) is 69.7 Å². The van der Waals surface area contributed by atoms with Crippen molar-refractivity contribution in [2.75, 3.05) is 6.54 Å². The number of nitrogens with zero attached hydrogens (tertiary/aromatic N) is 1. The quantitative estimate of drug-likeness (QED) is 0.843. The molecule has 2 nitrogen and oxygen atoms in total. The fraction of sp³-hybridized carbons (Fsp3) is 0.944. The maximum absolute atomic E-state index is 9.44. The molecule has 110 valence electrons. The highest BCUT2D eigenvalue weighted by Crippen LogP contribution is 2.57. The summed E-state index contributed by atoms with van der Waals surface area (Å²) in [5.41, 5.74) is -0.161. The van der Waals surface area contributed by atoms with Gasteiger partial charge in [-0.2, -0.15) is 5.26 Å². The Morgan fingerprint density at radius 2 is 1.55 bits per heavy atom. The number of rotatable bonds is 4. The van der Waals surface area contributed by atoms with Crippen molar-refractivity contribution >= 4 is 0 Å². The van der Waals surface area contributed by atoms with Gasteiger partial charge in [0.25, 0.3) is 0 Å². The highest BCUT2D eigenvalue weighted by atomic mass is 15.0. The molecule has 20 heavy (non-hydrogen) atoms. The van der Waals surface area contributed by atoms with Gasteiger partial charge in [0.05, 0.1) is 6.07 Å². The normalized spacial score (nSPS) is 44.6. The van der Waals surface area contributed by atoms with Crippen LogP contribution in [0.15, 0.2) is 0 Å². The minimum atomic E-state index is -0.161. The molecule has 0 amide bonds. The van der Waals surface area contributed by atoms with Crippen molar-refractivity contribution in [2.24, 2.45) is 29.6 Å². The minimum absolute atomic E-state index is 0.161. The van der Waals surface area contributed by atoms with Gasteiger partial charge in [-0.25, -0.2) is 0 Å². The van der Waals surface area contributed by atoms with Crippen molar-refractivity contribution in [3.63, 3.8) is 0 Å². The van der Waals surface area contributed by atoms with E-state index in [1.807, 2.05) is 0 Å². The molecule has 0 saturated heterocycles. The van der Waals surface area contributed by atoms with Gasteiger partial charge >= 0.3 is 0 Å². The van der Waals surface area contributed by atoms with Crippen LogP contribution in [0.2, 0.25) is 0 Å². The van der Waals surface area contributed by atoms with Crippen LogP contribution >= 0.6 is 0 Å². The van der Waals surface area contributed by atoms with Gasteiger partial charge in [0, 0.05) is 0 Å². The molecule has 5 rings (SSSR count). The Labute approximate surface area is 123 Å². The van der Waals surface area contributed by atoms with Crippen LogP contribution in [-0.4, -0.2) is 12.1 Å². The second-order valence-corrected chi connectivity index (χ2v) is 8.21. The van der Waals surface area contributed by atoms with E-state index in [-0.39, 0.29) is 5.54 Å². The Kier molecular flexibility index (Phi) is 3.30. The lowest BCUT2D eigenvalue weighted by molar-refractivity contribution is -0.0396. The zero-order valence-electron chi connectivity index (χ0n) is 12.6. The molecule has 5 aliphatic rings. The molecule has 0 atom stereocenters. The van der Waals surface area contributed by atoms with Gasteiger partial charge in [-0.05, 0) is 87.5 Å². The van der Waals surface area contributed by atoms with Gasteiger partial charge in [-0.3, -0.25) is 5.32 Å². The topological polar surface area (TPSA) is 35.8 Å². The summed E-state index contributed by atoms with van der Waals surface area (Å²) in [4.78, 5) is 0. The first kappa shape index (κ1) is 13.1. The Balaban J connectivity index is 1.33. The van der Waals surface area contributed by atoms with Gasteiger partial charge in [0.2, 0.25) is 0 Å². The van der Waals surface area contributed by atoms with Gasteiger partial charge in [0.15, 0.2) is 0 Å². The Bertz CT molecular complexity index is 374. The molecule has 0 heterocycles. The summed E-state index contributed by atoms with van der Waals surface area (Å²) in [5.74, 6) is 5.22. The summed E-state index contributed by atoms with van der Waals surface area (Å²) in [6, 6.07) is 2.57. The molecule has 5 fully saturated rings. The monoisotopic (exact) mass is 272 g/mol. The molecule has 5 aliphatic carbocycles. The zero-order chi connectivity index (χ0) is 13.6. The summed E-state index contributed by atoms with van der Waals surface area (Å²) in [6.45, 7) is 1.08. The van der Waals surface area contributed by atoms with Crippen LogP contribution in [0.5, 0.6) is 0 Å². The molecular weight excluding hydrogens is 244 g/mol. The van der Waals surface area contributed by atoms with E-state index in [9.17, 15) is 5.26 Å². The predicted octanol–water partition coefficient (Wildman–Crippen LogP) is 3.87. The Morgan fingerprint density at radius 1 is 0.950 bits per heavy atom. The van der Waals surface area contributed by atoms with Crippen LogP contribution in [-0.2, 0) is 0 Å². The second-order valence-electron chi connectivity index (χ2n) is 8.21. The fourth-order valence-corrected chi connectivity index (χ4v) is 6.29. The third-order valence-electron chi connectivity index (χ3n) is 7.03. The lowest BCUT2D eigenvalue weighted by atomic mass is 9.51. The molecule has 0 unspecified atom stereocenters. The lowest BCUT2D eigenvalue weighted by Crippen LogP contribution is -2.47. The minimum Gasteiger partial charge on any atom is -0.299 e. The average Bonchev–Trinajstić information content (AvgIpc) is 2.90. The summed E-state index contributed by atoms with van der Waals surface area (Å²) in [7, 11) is 0. The van der Waals surface area contributed by atoms with Gasteiger partial charge in [0.1, 0.15) is 5.54 Å². The number of hydrogen-bond donors (Lipinski definition) is 1. The molecule has 2 heteroatoms. The van der Waals surface area contributed by atoms with E-state index in [4.69, 9.17) is 0 Å². The maximum atomic E-state index is 9.44. The van der Waals surface area contributed by atoms with E-state index in [2.05, 4.69) is 11.4 Å². The van der Waals surface area contributed by atoms with Crippen LogP contribution in [0, 0.1) is 40.9 Å². The van der Waals surface area contributed by atoms with Crippen LogP contribution in [0.1, 0.15) is 64.2 Å². The predicted molar refractivity (Wildman–Crippen MR) is 80.0 cm³/mol. The number of nitriles is 1. The van der Waals surface area contributed by atoms with Crippen molar-refractivity contribution in [1.82, 2.24) is 5.32 Å². The molecule has 0 aromatic carbocycles. The van der Waals surface area contributed by atoms with E-state index in [1.54, 1.807) is 6.42 Å². The van der Waals surface area contributed by atoms with Crippen LogP contribution in [0.25, 0.3) is 0 Å². The van der Waals surface area contributed by atoms with Crippen molar-refractivity contribution < 1.29 is 0 Å². The highest BCUT2D eigenvalue weighted by Gasteiger charge is 2.47. The Morgan fingerprint density at radius 3 is 2.10 bits per heavy atom. The standard InChI is InChI=1S/C18H28N2/c19-12-18(4-1-2-5-18)20-6-3-17-15-8-13-7-14(10-15)11-16(17)9-13/h13-17,20H,1-11H2. The first-order valence-corrected chi connectivity index (χ1v) is 8.94. The largest absolute Gasteiger partial charge is 0.299 e. The maximum Gasteiger partial charge on any atom is 0.106 e. The molecule has 0 aliphatic heterocycles. The van der Waals surface area contributed by atoms with E-state index >= 15 is 0 Å². The highest BCUT2D eigenvalue weighted by molar-refractivity contribution is 5.10. The molecular formula is C18H28N2. The SMILES string of the molecule is N#CC1(NCCC2C3CC4CC(C3)CC2C4)CCCC1. The molecule has 4 bridgehead atoms. The summed E-state index contributed by atoms with van der Waals surface area (Å²) >= 11 is 0. The smallest absolute Gasteiger partial charge is 0.106 e. The second kappa shape index (κ2) is 5.02. The molecule has 0 aromatic heterocycles. The van der Waals surface area contributed by atoms with Crippen molar-refractivity contribution in [1.29, 1.82) is 5.26 Å². The van der Waals surface area contributed by atoms with Crippen LogP contribution in [0.3, 0.4) is 0 Å². The molecule has 1 N–H and O–H groups in total. The van der Waals surface area contributed by atoms with Crippen molar-refractivity contribution in [3.05, 3.63) is 0 Å². The van der Waals surface area contributed by atoms with E-state index < -0.39 is 0 Å². The first-order valence-electron chi connectivity index (χ1n) is 8.94. The molecule has 0 aromatic rings. The Hall–Kier alpha value is -0.550. The summed E-state index contributed by atoms with van der Waals surface area (Å²) in [6.07, 6.45) is 13.6. The van der Waals surface area contributed by atoms with Crippen LogP contribution < -0.4 is 5.32 Å². The van der Waals surface area contributed by atoms with E-state index in [1.165, 1.54) is 44.9 Å². The van der Waals surface area contributed by atoms with Crippen molar-refractivity contribution in [3.8, 4) is 6.07 Å². The lowest BCUT2D eigenvalue weighted by Gasteiger charge is -2.54. The van der Waals surface area contributed by atoms with Gasteiger partial charge < -0.3 is 0 Å². The van der Waals surface area contributed by atoms with Gasteiger partial charge in [-0.1, -0.05) is 12.8 Å². The average molecular weight is 272 g/mol. The van der Waals surface area contributed by atoms with Crippen LogP contribution in [0.4, 0.5) is 0 Å². The van der Waals surface area contributed by atoms with E-state index in [0.717, 1.165) is 49.0 Å². The van der Waals surface area contributed by atoms with Gasteiger partial charge in [-0.15, -0.1) is 0 Å². The molecule has 0 radical (unpaired) electrons. The van der Waals surface area contributed by atoms with E-state index in [0.29, 0.717) is 0 Å². The first-order chi connectivity index (χ1) is 9.78.